The van der Waals surface area contributed by atoms with Crippen LogP contribution in [0.5, 0.6) is 0 Å². The maximum Gasteiger partial charge on any atom is 0.0377 e. The summed E-state index contributed by atoms with van der Waals surface area (Å²) in [4.78, 5) is 0. The summed E-state index contributed by atoms with van der Waals surface area (Å²) >= 11 is 0. The molecule has 0 unspecified atom stereocenters. The molecule has 0 saturated heterocycles. The van der Waals surface area contributed by atoms with Gasteiger partial charge < -0.3 is 5.32 Å². The third-order valence-electron chi connectivity index (χ3n) is 4.37. The molecule has 1 saturated carbocycles. The van der Waals surface area contributed by atoms with E-state index >= 15 is 0 Å². The Balaban J connectivity index is 1.98. The van der Waals surface area contributed by atoms with Crippen LogP contribution in [0.2, 0.25) is 0 Å². The van der Waals surface area contributed by atoms with Crippen LogP contribution in [-0.4, -0.2) is 6.04 Å². The molecule has 0 atom stereocenters. The molecule has 0 radical (unpaired) electrons. The van der Waals surface area contributed by atoms with Crippen LogP contribution < -0.4 is 5.32 Å². The lowest BCUT2D eigenvalue weighted by molar-refractivity contribution is 0.330. The smallest absolute Gasteiger partial charge is 0.0377 e. The highest BCUT2D eigenvalue weighted by molar-refractivity contribution is 5.53. The van der Waals surface area contributed by atoms with Crippen LogP contribution in [0.25, 0.3) is 0 Å². The van der Waals surface area contributed by atoms with Crippen molar-refractivity contribution in [2.45, 2.75) is 64.8 Å². The molecule has 0 spiro atoms. The SMILES string of the molecule is CCC1CCC(Nc2ccccc2C(C)C)CC1. The molecule has 100 valence electrons. The van der Waals surface area contributed by atoms with Gasteiger partial charge in [-0.05, 0) is 49.1 Å². The van der Waals surface area contributed by atoms with Gasteiger partial charge in [0.05, 0.1) is 0 Å². The molecule has 18 heavy (non-hydrogen) atoms. The van der Waals surface area contributed by atoms with E-state index in [1.165, 1.54) is 43.4 Å². The average molecular weight is 245 g/mol. The molecular formula is C17H27N. The van der Waals surface area contributed by atoms with Crippen molar-refractivity contribution in [1.29, 1.82) is 0 Å². The lowest BCUT2D eigenvalue weighted by Gasteiger charge is -2.30. The minimum Gasteiger partial charge on any atom is -0.382 e. The van der Waals surface area contributed by atoms with E-state index in [1.807, 2.05) is 0 Å². The van der Waals surface area contributed by atoms with Crippen molar-refractivity contribution in [3.05, 3.63) is 29.8 Å². The molecule has 2 rings (SSSR count). The maximum atomic E-state index is 3.78. The van der Waals surface area contributed by atoms with Gasteiger partial charge in [0.15, 0.2) is 0 Å². The summed E-state index contributed by atoms with van der Waals surface area (Å²) in [5, 5.41) is 3.78. The predicted molar refractivity (Wildman–Crippen MR) is 80.2 cm³/mol. The topological polar surface area (TPSA) is 12.0 Å². The quantitative estimate of drug-likeness (QED) is 0.769. The summed E-state index contributed by atoms with van der Waals surface area (Å²) in [6.45, 7) is 6.87. The van der Waals surface area contributed by atoms with Crippen LogP contribution in [0.4, 0.5) is 5.69 Å². The van der Waals surface area contributed by atoms with Gasteiger partial charge in [0, 0.05) is 11.7 Å². The third kappa shape index (κ3) is 3.28. The van der Waals surface area contributed by atoms with Gasteiger partial charge in [0.25, 0.3) is 0 Å². The van der Waals surface area contributed by atoms with E-state index in [-0.39, 0.29) is 0 Å². The first-order valence-electron chi connectivity index (χ1n) is 7.56. The predicted octanol–water partition coefficient (Wildman–Crippen LogP) is 5.19. The highest BCUT2D eigenvalue weighted by Gasteiger charge is 2.20. The monoisotopic (exact) mass is 245 g/mol. The zero-order chi connectivity index (χ0) is 13.0. The molecule has 1 aromatic carbocycles. The second kappa shape index (κ2) is 6.26. The number of benzene rings is 1. The van der Waals surface area contributed by atoms with Gasteiger partial charge in [0.2, 0.25) is 0 Å². The van der Waals surface area contributed by atoms with Crippen molar-refractivity contribution in [1.82, 2.24) is 0 Å². The molecule has 1 aromatic rings. The van der Waals surface area contributed by atoms with Gasteiger partial charge in [-0.15, -0.1) is 0 Å². The molecule has 0 bridgehead atoms. The normalized spacial score (nSPS) is 24.2. The van der Waals surface area contributed by atoms with E-state index < -0.39 is 0 Å². The highest BCUT2D eigenvalue weighted by atomic mass is 14.9. The fraction of sp³-hybridized carbons (Fsp3) is 0.647. The van der Waals surface area contributed by atoms with Crippen molar-refractivity contribution >= 4 is 5.69 Å². The van der Waals surface area contributed by atoms with Gasteiger partial charge in [-0.1, -0.05) is 45.4 Å². The van der Waals surface area contributed by atoms with E-state index in [1.54, 1.807) is 0 Å². The Morgan fingerprint density at radius 2 is 1.78 bits per heavy atom. The van der Waals surface area contributed by atoms with Crippen LogP contribution in [0.1, 0.15) is 64.4 Å². The van der Waals surface area contributed by atoms with E-state index in [4.69, 9.17) is 0 Å². The number of para-hydroxylation sites is 1. The second-order valence-corrected chi connectivity index (χ2v) is 6.01. The first-order valence-corrected chi connectivity index (χ1v) is 7.56. The number of anilines is 1. The summed E-state index contributed by atoms with van der Waals surface area (Å²) < 4.78 is 0. The molecule has 1 N–H and O–H groups in total. The van der Waals surface area contributed by atoms with Crippen molar-refractivity contribution < 1.29 is 0 Å². The lowest BCUT2D eigenvalue weighted by Crippen LogP contribution is -2.26. The molecule has 1 aliphatic rings. The molecule has 0 aromatic heterocycles. The number of rotatable bonds is 4. The van der Waals surface area contributed by atoms with Gasteiger partial charge >= 0.3 is 0 Å². The fourth-order valence-corrected chi connectivity index (χ4v) is 3.07. The van der Waals surface area contributed by atoms with Crippen molar-refractivity contribution in [2.24, 2.45) is 5.92 Å². The Hall–Kier alpha value is -0.980. The Morgan fingerprint density at radius 3 is 2.39 bits per heavy atom. The highest BCUT2D eigenvalue weighted by Crippen LogP contribution is 2.30. The summed E-state index contributed by atoms with van der Waals surface area (Å²) in [5.74, 6) is 1.57. The molecule has 0 amide bonds. The molecule has 1 heteroatoms. The third-order valence-corrected chi connectivity index (χ3v) is 4.37. The van der Waals surface area contributed by atoms with Crippen molar-refractivity contribution in [2.75, 3.05) is 5.32 Å². The fourth-order valence-electron chi connectivity index (χ4n) is 3.07. The standard InChI is InChI=1S/C17H27N/c1-4-14-9-11-15(12-10-14)18-17-8-6-5-7-16(17)13(2)3/h5-8,13-15,18H,4,9-12H2,1-3H3. The van der Waals surface area contributed by atoms with E-state index in [0.29, 0.717) is 12.0 Å². The van der Waals surface area contributed by atoms with Crippen molar-refractivity contribution in [3.63, 3.8) is 0 Å². The maximum absolute atomic E-state index is 3.78. The molecule has 1 aliphatic carbocycles. The van der Waals surface area contributed by atoms with E-state index in [0.717, 1.165) is 5.92 Å². The molecular weight excluding hydrogens is 218 g/mol. The average Bonchev–Trinajstić information content (AvgIpc) is 2.40. The minimum atomic E-state index is 0.598. The van der Waals surface area contributed by atoms with Crippen LogP contribution in [0.3, 0.4) is 0 Å². The zero-order valence-corrected chi connectivity index (χ0v) is 12.1. The summed E-state index contributed by atoms with van der Waals surface area (Å²) in [6, 6.07) is 9.47. The lowest BCUT2D eigenvalue weighted by atomic mass is 9.84. The van der Waals surface area contributed by atoms with Gasteiger partial charge in [-0.25, -0.2) is 0 Å². The molecule has 1 nitrogen and oxygen atoms in total. The first-order chi connectivity index (χ1) is 8.70. The van der Waals surface area contributed by atoms with Crippen LogP contribution in [-0.2, 0) is 0 Å². The minimum absolute atomic E-state index is 0.598. The summed E-state index contributed by atoms with van der Waals surface area (Å²) in [5.41, 5.74) is 2.81. The van der Waals surface area contributed by atoms with Crippen molar-refractivity contribution in [3.8, 4) is 0 Å². The number of hydrogen-bond acceptors (Lipinski definition) is 1. The molecule has 0 aliphatic heterocycles. The summed E-state index contributed by atoms with van der Waals surface area (Å²) in [6.07, 6.45) is 6.83. The zero-order valence-electron chi connectivity index (χ0n) is 12.1. The molecule has 1 fully saturated rings. The van der Waals surface area contributed by atoms with E-state index in [9.17, 15) is 0 Å². The Labute approximate surface area is 112 Å². The van der Waals surface area contributed by atoms with Crippen LogP contribution >= 0.6 is 0 Å². The van der Waals surface area contributed by atoms with Crippen LogP contribution in [0, 0.1) is 5.92 Å². The van der Waals surface area contributed by atoms with Gasteiger partial charge in [-0.2, -0.15) is 0 Å². The second-order valence-electron chi connectivity index (χ2n) is 6.01. The first kappa shape index (κ1) is 13.5. The molecule has 0 heterocycles. The van der Waals surface area contributed by atoms with Crippen LogP contribution in [0.15, 0.2) is 24.3 Å². The number of nitrogens with one attached hydrogen (secondary N) is 1. The van der Waals surface area contributed by atoms with Gasteiger partial charge in [-0.3, -0.25) is 0 Å². The Bertz CT molecular complexity index is 362. The Kier molecular flexibility index (Phi) is 4.68. The van der Waals surface area contributed by atoms with E-state index in [2.05, 4.69) is 50.4 Å². The van der Waals surface area contributed by atoms with Gasteiger partial charge in [0.1, 0.15) is 0 Å². The largest absolute Gasteiger partial charge is 0.382 e. The number of hydrogen-bond donors (Lipinski definition) is 1. The Morgan fingerprint density at radius 1 is 1.11 bits per heavy atom. The summed E-state index contributed by atoms with van der Waals surface area (Å²) in [7, 11) is 0.